The van der Waals surface area contributed by atoms with Gasteiger partial charge in [0.1, 0.15) is 23.8 Å². The molecule has 0 saturated heterocycles. The summed E-state index contributed by atoms with van der Waals surface area (Å²) in [5.41, 5.74) is 1.66. The van der Waals surface area contributed by atoms with Crippen LogP contribution in [0.5, 0.6) is 23.0 Å². The lowest BCUT2D eigenvalue weighted by atomic mass is 10.0. The molecule has 2 aromatic carbocycles. The van der Waals surface area contributed by atoms with Gasteiger partial charge in [-0.25, -0.2) is 0 Å². The molecule has 172 valence electrons. The Labute approximate surface area is 190 Å². The van der Waals surface area contributed by atoms with Crippen LogP contribution in [0.25, 0.3) is 6.08 Å². The number of benzene rings is 2. The van der Waals surface area contributed by atoms with Crippen LogP contribution in [-0.4, -0.2) is 33.1 Å². The predicted octanol–water partition coefficient (Wildman–Crippen LogP) is 3.09. The summed E-state index contributed by atoms with van der Waals surface area (Å²) in [5.74, 6) is 2.46. The average Bonchev–Trinajstić information content (AvgIpc) is 3.04. The number of rotatable bonds is 9. The number of allylic oxidation sites excluding steroid dienone is 1. The first-order chi connectivity index (χ1) is 15.2. The van der Waals surface area contributed by atoms with E-state index in [0.29, 0.717) is 52.3 Å². The van der Waals surface area contributed by atoms with Gasteiger partial charge in [0, 0.05) is 23.0 Å². The van der Waals surface area contributed by atoms with Gasteiger partial charge >= 0.3 is 0 Å². The van der Waals surface area contributed by atoms with Crippen molar-refractivity contribution in [2.45, 2.75) is 34.2 Å². The highest BCUT2D eigenvalue weighted by Gasteiger charge is 2.31. The highest BCUT2D eigenvalue weighted by Crippen LogP contribution is 2.39. The van der Waals surface area contributed by atoms with E-state index in [0.717, 1.165) is 13.1 Å². The van der Waals surface area contributed by atoms with E-state index in [-0.39, 0.29) is 17.3 Å². The fourth-order valence-corrected chi connectivity index (χ4v) is 4.18. The fourth-order valence-electron chi connectivity index (χ4n) is 4.18. The zero-order chi connectivity index (χ0) is 23.4. The molecule has 6 nitrogen and oxygen atoms in total. The molecule has 6 heteroatoms. The number of hydrogen-bond donors (Lipinski definition) is 1. The minimum atomic E-state index is -0.236. The maximum absolute atomic E-state index is 13.1. The Morgan fingerprint density at radius 1 is 1.03 bits per heavy atom. The predicted molar refractivity (Wildman–Crippen MR) is 122 cm³/mol. The highest BCUT2D eigenvalue weighted by atomic mass is 16.5. The van der Waals surface area contributed by atoms with Gasteiger partial charge in [-0.05, 0) is 30.3 Å². The molecule has 32 heavy (non-hydrogen) atoms. The maximum Gasteiger partial charge on any atom is 0.231 e. The second-order valence-corrected chi connectivity index (χ2v) is 9.09. The van der Waals surface area contributed by atoms with Gasteiger partial charge < -0.3 is 24.2 Å². The third-order valence-corrected chi connectivity index (χ3v) is 5.44. The zero-order valence-corrected chi connectivity index (χ0v) is 19.8. The molecule has 1 aliphatic heterocycles. The van der Waals surface area contributed by atoms with E-state index in [2.05, 4.69) is 27.7 Å². The van der Waals surface area contributed by atoms with Crippen molar-refractivity contribution >= 4 is 11.9 Å². The monoisotopic (exact) mass is 439 g/mol. The topological polar surface area (TPSA) is 72.3 Å². The van der Waals surface area contributed by atoms with E-state index in [1.807, 2.05) is 0 Å². The quantitative estimate of drug-likeness (QED) is 0.608. The van der Waals surface area contributed by atoms with Crippen LogP contribution in [-0.2, 0) is 6.54 Å². The summed E-state index contributed by atoms with van der Waals surface area (Å²) in [7, 11) is 3.15. The Hall–Kier alpha value is -2.99. The van der Waals surface area contributed by atoms with Crippen molar-refractivity contribution in [3.8, 4) is 23.0 Å². The number of ketones is 1. The van der Waals surface area contributed by atoms with Crippen LogP contribution >= 0.6 is 0 Å². The molecule has 0 aliphatic carbocycles. The van der Waals surface area contributed by atoms with Crippen LogP contribution in [0.15, 0.2) is 36.1 Å². The van der Waals surface area contributed by atoms with Gasteiger partial charge in [0.05, 0.1) is 32.9 Å². The molecule has 2 aromatic rings. The first-order valence-corrected chi connectivity index (χ1v) is 11.1. The highest BCUT2D eigenvalue weighted by molar-refractivity contribution is 6.15. The number of fused-ring (bicyclic) bond motifs is 1. The second kappa shape index (κ2) is 10.1. The number of methoxy groups -OCH3 is 2. The Morgan fingerprint density at radius 3 is 2.31 bits per heavy atom. The summed E-state index contributed by atoms with van der Waals surface area (Å²) >= 11 is 0. The van der Waals surface area contributed by atoms with Gasteiger partial charge in [-0.2, -0.15) is 0 Å². The van der Waals surface area contributed by atoms with Gasteiger partial charge in [-0.3, -0.25) is 4.79 Å². The Kier molecular flexibility index (Phi) is 7.46. The average molecular weight is 440 g/mol. The van der Waals surface area contributed by atoms with Gasteiger partial charge in [0.15, 0.2) is 5.76 Å². The molecule has 0 bridgehead atoms. The summed E-state index contributed by atoms with van der Waals surface area (Å²) in [5, 5.41) is 12.8. The molecule has 3 rings (SSSR count). The van der Waals surface area contributed by atoms with Gasteiger partial charge in [-0.15, -0.1) is 0 Å². The lowest BCUT2D eigenvalue weighted by Crippen LogP contribution is -3.11. The minimum absolute atomic E-state index is 0.0956. The van der Waals surface area contributed by atoms with E-state index in [4.69, 9.17) is 14.2 Å². The number of ether oxygens (including phenoxy) is 3. The first kappa shape index (κ1) is 23.7. The lowest BCUT2D eigenvalue weighted by molar-refractivity contribution is -0.919. The van der Waals surface area contributed by atoms with E-state index in [1.165, 1.54) is 11.0 Å². The standard InChI is InChI=1S/C26H33NO5/c1-16(2)13-27(14-17(3)4)15-21-22(28)9-8-20-25(29)24(32-26(20)21)12-18-11-19(30-5)7-10-23(18)31-6/h7-12,16-17,28H,13-15H2,1-6H3/b24-12-. The van der Waals surface area contributed by atoms with Crippen molar-refractivity contribution in [3.63, 3.8) is 0 Å². The summed E-state index contributed by atoms with van der Waals surface area (Å²) in [6.07, 6.45) is 1.64. The maximum atomic E-state index is 13.1. The molecule has 0 fully saturated rings. The Balaban J connectivity index is 1.97. The second-order valence-electron chi connectivity index (χ2n) is 9.09. The van der Waals surface area contributed by atoms with Crippen molar-refractivity contribution in [1.29, 1.82) is 0 Å². The normalized spacial score (nSPS) is 14.4. The van der Waals surface area contributed by atoms with E-state index >= 15 is 0 Å². The Morgan fingerprint density at radius 2 is 1.72 bits per heavy atom. The molecule has 0 radical (unpaired) electrons. The van der Waals surface area contributed by atoms with Gasteiger partial charge in [0.25, 0.3) is 0 Å². The summed E-state index contributed by atoms with van der Waals surface area (Å²) < 4.78 is 16.7. The smallest absolute Gasteiger partial charge is 0.231 e. The lowest BCUT2D eigenvalue weighted by Gasteiger charge is -2.26. The molecule has 1 heterocycles. The van der Waals surface area contributed by atoms with Crippen LogP contribution in [0.1, 0.15) is 49.2 Å². The summed E-state index contributed by atoms with van der Waals surface area (Å²) in [6, 6.07) is 8.39. The molecule has 0 atom stereocenters. The molecule has 0 unspecified atom stereocenters. The van der Waals surface area contributed by atoms with E-state index in [9.17, 15) is 9.90 Å². The fraction of sp³-hybridized carbons (Fsp3) is 0.423. The van der Waals surface area contributed by atoms with Crippen molar-refractivity contribution < 1.29 is 29.0 Å². The first-order valence-electron chi connectivity index (χ1n) is 11.1. The number of nitrogens with one attached hydrogen (secondary N) is 1. The number of hydrogen-bond acceptors (Lipinski definition) is 5. The molecular formula is C26H33NO5. The van der Waals surface area contributed by atoms with Gasteiger partial charge in [-0.1, -0.05) is 39.5 Å². The number of Topliss-reactive ketones (excluding diaryl/α,β-unsaturated/α-hetero) is 1. The molecule has 0 aromatic heterocycles. The van der Waals surface area contributed by atoms with Crippen molar-refractivity contribution in [2.24, 2.45) is 11.8 Å². The van der Waals surface area contributed by atoms with Crippen LogP contribution in [0.3, 0.4) is 0 Å². The zero-order valence-electron chi connectivity index (χ0n) is 19.8. The third-order valence-electron chi connectivity index (χ3n) is 5.44. The molecule has 1 N–H and O–H groups in total. The number of quaternary nitrogens is 1. The summed E-state index contributed by atoms with van der Waals surface area (Å²) in [4.78, 5) is 14.4. The largest absolute Gasteiger partial charge is 0.872 e. The van der Waals surface area contributed by atoms with E-state index in [1.54, 1.807) is 44.6 Å². The number of carbonyl (C=O) groups is 1. The molecule has 1 aliphatic rings. The van der Waals surface area contributed by atoms with Crippen LogP contribution in [0.2, 0.25) is 0 Å². The van der Waals surface area contributed by atoms with Crippen LogP contribution in [0.4, 0.5) is 0 Å². The molecule has 0 saturated carbocycles. The third kappa shape index (κ3) is 5.25. The summed E-state index contributed by atoms with van der Waals surface area (Å²) in [6.45, 7) is 11.1. The minimum Gasteiger partial charge on any atom is -0.872 e. The van der Waals surface area contributed by atoms with E-state index < -0.39 is 0 Å². The molecule has 0 amide bonds. The van der Waals surface area contributed by atoms with Crippen molar-refractivity contribution in [1.82, 2.24) is 0 Å². The van der Waals surface area contributed by atoms with Crippen molar-refractivity contribution in [3.05, 3.63) is 52.8 Å². The molecular weight excluding hydrogens is 406 g/mol. The van der Waals surface area contributed by atoms with Crippen molar-refractivity contribution in [2.75, 3.05) is 27.3 Å². The SMILES string of the molecule is COc1ccc(OC)c(/C=C2\Oc3c(ccc([O-])c3C[NH+](CC(C)C)CC(C)C)C2=O)c1. The van der Waals surface area contributed by atoms with Gasteiger partial charge in [0.2, 0.25) is 5.78 Å². The number of carbonyl (C=O) groups excluding carboxylic acids is 1. The van der Waals surface area contributed by atoms with Crippen LogP contribution in [0, 0.1) is 11.8 Å². The molecule has 0 spiro atoms. The Bertz CT molecular complexity index is 1000. The van der Waals surface area contributed by atoms with Crippen LogP contribution < -0.4 is 24.2 Å².